The second kappa shape index (κ2) is 5.67. The van der Waals surface area contributed by atoms with E-state index < -0.39 is 10.2 Å². The fourth-order valence-corrected chi connectivity index (χ4v) is 4.29. The first-order valence-corrected chi connectivity index (χ1v) is 8.14. The summed E-state index contributed by atoms with van der Waals surface area (Å²) in [6, 6.07) is 0. The van der Waals surface area contributed by atoms with Crippen molar-refractivity contribution in [1.29, 1.82) is 0 Å². The van der Waals surface area contributed by atoms with Crippen LogP contribution in [-0.2, 0) is 15.0 Å². The highest BCUT2D eigenvalue weighted by molar-refractivity contribution is 7.86. The van der Waals surface area contributed by atoms with Gasteiger partial charge in [0.15, 0.2) is 0 Å². The van der Waals surface area contributed by atoms with Gasteiger partial charge in [-0.15, -0.1) is 0 Å². The van der Waals surface area contributed by atoms with Gasteiger partial charge in [-0.3, -0.25) is 0 Å². The molecule has 2 heterocycles. The topological polar surface area (TPSA) is 57.7 Å². The number of piperidine rings is 2. The summed E-state index contributed by atoms with van der Waals surface area (Å²) in [5.74, 6) is 0.662. The van der Waals surface area contributed by atoms with Crippen molar-refractivity contribution >= 4 is 16.5 Å². The molecule has 0 radical (unpaired) electrons. The van der Waals surface area contributed by atoms with Crippen molar-refractivity contribution in [3.05, 3.63) is 0 Å². The number of carbonyl (C=O) groups is 1. The Kier molecular flexibility index (Phi) is 4.40. The maximum absolute atomic E-state index is 12.4. The summed E-state index contributed by atoms with van der Waals surface area (Å²) < 4.78 is 28.0. The molecule has 2 aliphatic rings. The van der Waals surface area contributed by atoms with E-state index >= 15 is 0 Å². The molecule has 0 aliphatic carbocycles. The number of hydrogen-bond donors (Lipinski definition) is 0. The number of aldehydes is 1. The molecule has 2 rings (SSSR count). The molecule has 0 saturated carbocycles. The lowest BCUT2D eigenvalue weighted by atomic mass is 10.0. The lowest BCUT2D eigenvalue weighted by Gasteiger charge is -2.36. The zero-order chi connectivity index (χ0) is 13.2. The van der Waals surface area contributed by atoms with E-state index in [2.05, 4.69) is 6.92 Å². The molecule has 6 heteroatoms. The Hall–Kier alpha value is -0.460. The smallest absolute Gasteiger partial charge is 0.281 e. The van der Waals surface area contributed by atoms with E-state index in [-0.39, 0.29) is 5.92 Å². The maximum Gasteiger partial charge on any atom is 0.281 e. The predicted molar refractivity (Wildman–Crippen MR) is 69.3 cm³/mol. The van der Waals surface area contributed by atoms with Crippen molar-refractivity contribution in [2.75, 3.05) is 26.2 Å². The lowest BCUT2D eigenvalue weighted by Crippen LogP contribution is -2.49. The third-order valence-corrected chi connectivity index (χ3v) is 6.12. The summed E-state index contributed by atoms with van der Waals surface area (Å²) in [5, 5.41) is 0. The minimum Gasteiger partial charge on any atom is -0.303 e. The van der Waals surface area contributed by atoms with Gasteiger partial charge in [0.25, 0.3) is 10.2 Å². The molecule has 0 amide bonds. The van der Waals surface area contributed by atoms with E-state index in [1.165, 1.54) is 0 Å². The molecule has 0 N–H and O–H groups in total. The molecule has 0 bridgehead atoms. The fraction of sp³-hybridized carbons (Fsp3) is 0.917. The Balaban J connectivity index is 1.97. The molecule has 0 atom stereocenters. The van der Waals surface area contributed by atoms with Gasteiger partial charge >= 0.3 is 0 Å². The summed E-state index contributed by atoms with van der Waals surface area (Å²) in [6.45, 7) is 4.41. The first kappa shape index (κ1) is 14.0. The van der Waals surface area contributed by atoms with E-state index in [1.807, 2.05) is 0 Å². The van der Waals surface area contributed by atoms with Gasteiger partial charge in [0.1, 0.15) is 6.29 Å². The van der Waals surface area contributed by atoms with Gasteiger partial charge in [-0.2, -0.15) is 17.0 Å². The number of nitrogens with zero attached hydrogens (tertiary/aromatic N) is 2. The molecular weight excluding hydrogens is 252 g/mol. The van der Waals surface area contributed by atoms with Gasteiger partial charge in [-0.1, -0.05) is 6.92 Å². The first-order valence-electron chi connectivity index (χ1n) is 6.74. The fourth-order valence-electron chi connectivity index (χ4n) is 2.62. The standard InChI is InChI=1S/C12H22N2O3S/c1-11-2-6-13(7-3-11)18(16,17)14-8-4-12(10-15)5-9-14/h10-12H,2-9H2,1H3. The van der Waals surface area contributed by atoms with Crippen LogP contribution >= 0.6 is 0 Å². The van der Waals surface area contributed by atoms with Crippen LogP contribution in [0, 0.1) is 11.8 Å². The third kappa shape index (κ3) is 2.92. The molecular formula is C12H22N2O3S. The van der Waals surface area contributed by atoms with Gasteiger partial charge in [0.05, 0.1) is 0 Å². The highest BCUT2D eigenvalue weighted by atomic mass is 32.2. The number of rotatable bonds is 3. The van der Waals surface area contributed by atoms with Crippen molar-refractivity contribution in [3.8, 4) is 0 Å². The zero-order valence-electron chi connectivity index (χ0n) is 10.9. The van der Waals surface area contributed by atoms with Crippen molar-refractivity contribution < 1.29 is 13.2 Å². The minimum atomic E-state index is -3.29. The van der Waals surface area contributed by atoms with Crippen LogP contribution in [0.3, 0.4) is 0 Å². The zero-order valence-corrected chi connectivity index (χ0v) is 11.7. The van der Waals surface area contributed by atoms with E-state index in [0.717, 1.165) is 19.1 Å². The van der Waals surface area contributed by atoms with Crippen molar-refractivity contribution in [2.45, 2.75) is 32.6 Å². The highest BCUT2D eigenvalue weighted by Gasteiger charge is 2.34. The molecule has 0 aromatic carbocycles. The average Bonchev–Trinajstić information content (AvgIpc) is 2.39. The summed E-state index contributed by atoms with van der Waals surface area (Å²) in [4.78, 5) is 10.7. The monoisotopic (exact) mass is 274 g/mol. The highest BCUT2D eigenvalue weighted by Crippen LogP contribution is 2.24. The molecule has 104 valence electrons. The maximum atomic E-state index is 12.4. The van der Waals surface area contributed by atoms with E-state index in [9.17, 15) is 13.2 Å². The molecule has 0 aromatic rings. The van der Waals surface area contributed by atoms with Crippen molar-refractivity contribution in [2.24, 2.45) is 11.8 Å². The summed E-state index contributed by atoms with van der Waals surface area (Å²) in [6.07, 6.45) is 4.17. The van der Waals surface area contributed by atoms with Crippen LogP contribution in [-0.4, -0.2) is 49.5 Å². The van der Waals surface area contributed by atoms with E-state index in [1.54, 1.807) is 8.61 Å². The molecule has 5 nitrogen and oxygen atoms in total. The Labute approximate surface area is 109 Å². The van der Waals surface area contributed by atoms with Gasteiger partial charge in [0, 0.05) is 32.1 Å². The molecule has 2 aliphatic heterocycles. The van der Waals surface area contributed by atoms with E-state index in [4.69, 9.17) is 0 Å². The Morgan fingerprint density at radius 2 is 1.39 bits per heavy atom. The minimum absolute atomic E-state index is 0.0397. The first-order chi connectivity index (χ1) is 8.54. The number of carbonyl (C=O) groups excluding carboxylic acids is 1. The SMILES string of the molecule is CC1CCN(S(=O)(=O)N2CCC(C=O)CC2)CC1. The van der Waals surface area contributed by atoms with Gasteiger partial charge in [-0.25, -0.2) is 0 Å². The van der Waals surface area contributed by atoms with Gasteiger partial charge < -0.3 is 4.79 Å². The molecule has 0 aromatic heterocycles. The van der Waals surface area contributed by atoms with Crippen LogP contribution in [0.5, 0.6) is 0 Å². The van der Waals surface area contributed by atoms with Crippen LogP contribution in [0.1, 0.15) is 32.6 Å². The van der Waals surface area contributed by atoms with Crippen LogP contribution in [0.25, 0.3) is 0 Å². The average molecular weight is 274 g/mol. The molecule has 2 fully saturated rings. The Morgan fingerprint density at radius 1 is 0.944 bits per heavy atom. The van der Waals surface area contributed by atoms with Crippen LogP contribution in [0.15, 0.2) is 0 Å². The lowest BCUT2D eigenvalue weighted by molar-refractivity contribution is -0.112. The normalized spacial score (nSPS) is 26.3. The van der Waals surface area contributed by atoms with Crippen LogP contribution in [0.4, 0.5) is 0 Å². The molecule has 18 heavy (non-hydrogen) atoms. The van der Waals surface area contributed by atoms with Gasteiger partial charge in [-0.05, 0) is 31.6 Å². The van der Waals surface area contributed by atoms with Crippen LogP contribution in [0.2, 0.25) is 0 Å². The summed E-state index contributed by atoms with van der Waals surface area (Å²) >= 11 is 0. The molecule has 2 saturated heterocycles. The van der Waals surface area contributed by atoms with Gasteiger partial charge in [0.2, 0.25) is 0 Å². The largest absolute Gasteiger partial charge is 0.303 e. The quantitative estimate of drug-likeness (QED) is 0.718. The summed E-state index contributed by atoms with van der Waals surface area (Å²) in [5.41, 5.74) is 0. The molecule has 0 spiro atoms. The third-order valence-electron chi connectivity index (χ3n) is 4.09. The van der Waals surface area contributed by atoms with Crippen molar-refractivity contribution in [3.63, 3.8) is 0 Å². The van der Waals surface area contributed by atoms with Crippen LogP contribution < -0.4 is 0 Å². The second-order valence-corrected chi connectivity index (χ2v) is 7.39. The predicted octanol–water partition coefficient (Wildman–Crippen LogP) is 0.874. The van der Waals surface area contributed by atoms with E-state index in [0.29, 0.717) is 44.9 Å². The van der Waals surface area contributed by atoms with Crippen molar-refractivity contribution in [1.82, 2.24) is 8.61 Å². The Morgan fingerprint density at radius 3 is 1.83 bits per heavy atom. The second-order valence-electron chi connectivity index (χ2n) is 5.46. The number of hydrogen-bond acceptors (Lipinski definition) is 3. The Bertz CT molecular complexity index is 380. The summed E-state index contributed by atoms with van der Waals surface area (Å²) in [7, 11) is -3.29. The molecule has 0 unspecified atom stereocenters.